The Morgan fingerprint density at radius 1 is 0.886 bits per heavy atom. The van der Waals surface area contributed by atoms with Gasteiger partial charge in [0.1, 0.15) is 36.5 Å². The van der Waals surface area contributed by atoms with Crippen molar-refractivity contribution in [2.24, 2.45) is 0 Å². The summed E-state index contributed by atoms with van der Waals surface area (Å²) in [7, 11) is 0. The molecule has 0 atom stereocenters. The van der Waals surface area contributed by atoms with Crippen molar-refractivity contribution in [3.05, 3.63) is 105 Å². The van der Waals surface area contributed by atoms with E-state index in [2.05, 4.69) is 16.0 Å². The molecule has 0 unspecified atom stereocenters. The Balaban J connectivity index is 1.27. The Labute approximate surface area is 268 Å². The monoisotopic (exact) mass is 631 g/mol. The van der Waals surface area contributed by atoms with E-state index in [1.54, 1.807) is 24.4 Å². The van der Waals surface area contributed by atoms with Gasteiger partial charge in [0.2, 0.25) is 0 Å². The van der Waals surface area contributed by atoms with Gasteiger partial charge in [-0.1, -0.05) is 53.5 Å². The first kappa shape index (κ1) is 31.6. The van der Waals surface area contributed by atoms with Gasteiger partial charge >= 0.3 is 0 Å². The van der Waals surface area contributed by atoms with Gasteiger partial charge < -0.3 is 24.2 Å². The summed E-state index contributed by atoms with van der Waals surface area (Å²) in [5.41, 5.74) is 5.60. The van der Waals surface area contributed by atoms with Crippen LogP contribution in [-0.4, -0.2) is 41.2 Å². The van der Waals surface area contributed by atoms with E-state index >= 15 is 0 Å². The summed E-state index contributed by atoms with van der Waals surface area (Å²) < 4.78 is 18.2. The SMILES string of the molecule is Cc1c(COc2cc(OCc3cncc(C#N)c3)c(CO)cc2Cl)cccc1-c1cccc(OCCCN2CCCC2)c1Cl. The third kappa shape index (κ3) is 7.82. The second-order valence-corrected chi connectivity index (χ2v) is 11.6. The second kappa shape index (κ2) is 15.3. The lowest BCUT2D eigenvalue weighted by Gasteiger charge is -2.18. The number of aromatic nitrogens is 1. The lowest BCUT2D eigenvalue weighted by molar-refractivity contribution is 0.255. The van der Waals surface area contributed by atoms with Crippen molar-refractivity contribution in [3.8, 4) is 34.4 Å². The fraction of sp³-hybridized carbons (Fsp3) is 0.314. The lowest BCUT2D eigenvalue weighted by Crippen LogP contribution is -2.21. The van der Waals surface area contributed by atoms with Crippen molar-refractivity contribution in [3.63, 3.8) is 0 Å². The zero-order chi connectivity index (χ0) is 30.9. The molecule has 1 fully saturated rings. The van der Waals surface area contributed by atoms with E-state index in [1.807, 2.05) is 43.3 Å². The van der Waals surface area contributed by atoms with E-state index in [4.69, 9.17) is 42.7 Å². The number of hydrogen-bond acceptors (Lipinski definition) is 7. The number of nitriles is 1. The standard InChI is InChI=1S/C35H35Cl2N3O4/c1-24-27(7-4-8-29(24)30-9-5-10-32(35(30)37)42-14-6-13-40-11-2-3-12-40)23-44-34-17-33(28(21-41)16-31(34)36)43-22-26-15-25(18-38)19-39-20-26/h4-5,7-10,15-17,19-20,41H,2-3,6,11-14,21-23H2,1H3. The molecule has 2 heterocycles. The van der Waals surface area contributed by atoms with Crippen molar-refractivity contribution < 1.29 is 19.3 Å². The molecule has 228 valence electrons. The lowest BCUT2D eigenvalue weighted by atomic mass is 9.96. The number of aliphatic hydroxyl groups is 1. The highest BCUT2D eigenvalue weighted by molar-refractivity contribution is 6.35. The number of ether oxygens (including phenoxy) is 3. The predicted molar refractivity (Wildman–Crippen MR) is 172 cm³/mol. The van der Waals surface area contributed by atoms with Crippen LogP contribution in [0, 0.1) is 18.3 Å². The van der Waals surface area contributed by atoms with Crippen LogP contribution in [0.25, 0.3) is 11.1 Å². The topological polar surface area (TPSA) is 87.8 Å². The number of pyridine rings is 1. The number of likely N-dealkylation sites (tertiary alicyclic amines) is 1. The number of hydrogen-bond donors (Lipinski definition) is 1. The highest BCUT2D eigenvalue weighted by Gasteiger charge is 2.16. The minimum atomic E-state index is -0.255. The fourth-order valence-electron chi connectivity index (χ4n) is 5.33. The van der Waals surface area contributed by atoms with Gasteiger partial charge in [-0.25, -0.2) is 0 Å². The van der Waals surface area contributed by atoms with Crippen LogP contribution in [0.5, 0.6) is 17.2 Å². The van der Waals surface area contributed by atoms with Crippen LogP contribution in [-0.2, 0) is 19.8 Å². The van der Waals surface area contributed by atoms with Crippen LogP contribution in [0.15, 0.2) is 67.0 Å². The largest absolute Gasteiger partial charge is 0.492 e. The van der Waals surface area contributed by atoms with Gasteiger partial charge in [-0.2, -0.15) is 5.26 Å². The third-order valence-electron chi connectivity index (χ3n) is 7.76. The normalized spacial score (nSPS) is 13.1. The minimum absolute atomic E-state index is 0.166. The van der Waals surface area contributed by atoms with Crippen LogP contribution in [0.2, 0.25) is 10.0 Å². The molecule has 44 heavy (non-hydrogen) atoms. The van der Waals surface area contributed by atoms with Gasteiger partial charge in [-0.05, 0) is 74.2 Å². The van der Waals surface area contributed by atoms with Gasteiger partial charge in [0.15, 0.2) is 0 Å². The summed E-state index contributed by atoms with van der Waals surface area (Å²) >= 11 is 13.4. The maximum Gasteiger partial charge on any atom is 0.142 e. The Morgan fingerprint density at radius 2 is 1.66 bits per heavy atom. The molecule has 1 aromatic heterocycles. The third-order valence-corrected chi connectivity index (χ3v) is 8.45. The molecular formula is C35H35Cl2N3O4. The van der Waals surface area contributed by atoms with Crippen molar-refractivity contribution >= 4 is 23.2 Å². The number of halogens is 2. The van der Waals surface area contributed by atoms with Crippen molar-refractivity contribution in [1.29, 1.82) is 5.26 Å². The zero-order valence-electron chi connectivity index (χ0n) is 24.7. The van der Waals surface area contributed by atoms with E-state index in [0.29, 0.717) is 45.0 Å². The van der Waals surface area contributed by atoms with Gasteiger partial charge in [-0.3, -0.25) is 4.98 Å². The Bertz CT molecular complexity index is 1630. The summed E-state index contributed by atoms with van der Waals surface area (Å²) in [6.07, 6.45) is 6.66. The van der Waals surface area contributed by atoms with Gasteiger partial charge in [0.25, 0.3) is 0 Å². The van der Waals surface area contributed by atoms with Crippen molar-refractivity contribution in [1.82, 2.24) is 9.88 Å². The van der Waals surface area contributed by atoms with Crippen LogP contribution in [0.3, 0.4) is 0 Å². The van der Waals surface area contributed by atoms with E-state index in [0.717, 1.165) is 40.8 Å². The Hall–Kier alpha value is -3.80. The molecule has 0 aliphatic carbocycles. The van der Waals surface area contributed by atoms with Gasteiger partial charge in [-0.15, -0.1) is 0 Å². The van der Waals surface area contributed by atoms with Crippen LogP contribution in [0.1, 0.15) is 47.1 Å². The maximum absolute atomic E-state index is 9.89. The summed E-state index contributed by atoms with van der Waals surface area (Å²) in [5.74, 6) is 1.55. The molecule has 9 heteroatoms. The van der Waals surface area contributed by atoms with Crippen LogP contribution < -0.4 is 14.2 Å². The van der Waals surface area contributed by atoms with Crippen molar-refractivity contribution in [2.45, 2.75) is 46.0 Å². The average molecular weight is 633 g/mol. The number of rotatable bonds is 13. The molecule has 3 aromatic carbocycles. The summed E-state index contributed by atoms with van der Waals surface area (Å²) in [6.45, 7) is 6.25. The highest BCUT2D eigenvalue weighted by atomic mass is 35.5. The summed E-state index contributed by atoms with van der Waals surface area (Å²) in [4.78, 5) is 6.55. The van der Waals surface area contributed by atoms with E-state index in [1.165, 1.54) is 32.1 Å². The first-order chi connectivity index (χ1) is 21.5. The molecule has 7 nitrogen and oxygen atoms in total. The fourth-order valence-corrected chi connectivity index (χ4v) is 5.85. The number of benzene rings is 3. The molecule has 1 aliphatic heterocycles. The van der Waals surface area contributed by atoms with Gasteiger partial charge in [0, 0.05) is 41.7 Å². The van der Waals surface area contributed by atoms with Crippen LogP contribution in [0.4, 0.5) is 0 Å². The molecule has 0 radical (unpaired) electrons. The number of nitrogens with zero attached hydrogens (tertiary/aromatic N) is 3. The molecule has 1 N–H and O–H groups in total. The Kier molecular flexibility index (Phi) is 11.0. The summed E-state index contributed by atoms with van der Waals surface area (Å²) in [6, 6.07) is 19.0. The molecule has 0 saturated carbocycles. The molecule has 1 aliphatic rings. The second-order valence-electron chi connectivity index (χ2n) is 10.8. The molecule has 0 bridgehead atoms. The van der Waals surface area contributed by atoms with E-state index in [9.17, 15) is 5.11 Å². The highest BCUT2D eigenvalue weighted by Crippen LogP contribution is 2.38. The maximum atomic E-state index is 9.89. The van der Waals surface area contributed by atoms with Gasteiger partial charge in [0.05, 0.1) is 28.8 Å². The smallest absolute Gasteiger partial charge is 0.142 e. The predicted octanol–water partition coefficient (Wildman–Crippen LogP) is 7.75. The Morgan fingerprint density at radius 3 is 2.45 bits per heavy atom. The first-order valence-corrected chi connectivity index (χ1v) is 15.5. The van der Waals surface area contributed by atoms with E-state index < -0.39 is 0 Å². The molecular weight excluding hydrogens is 597 g/mol. The molecule has 5 rings (SSSR count). The summed E-state index contributed by atoms with van der Waals surface area (Å²) in [5, 5.41) is 20.0. The number of aliphatic hydroxyl groups excluding tert-OH is 1. The van der Waals surface area contributed by atoms with E-state index in [-0.39, 0.29) is 19.8 Å². The average Bonchev–Trinajstić information content (AvgIpc) is 3.57. The van der Waals surface area contributed by atoms with Crippen molar-refractivity contribution in [2.75, 3.05) is 26.2 Å². The quantitative estimate of drug-likeness (QED) is 0.151. The molecule has 1 saturated heterocycles. The molecule has 0 spiro atoms. The molecule has 4 aromatic rings. The molecule has 0 amide bonds. The zero-order valence-corrected chi connectivity index (χ0v) is 26.2. The minimum Gasteiger partial charge on any atom is -0.492 e. The first-order valence-electron chi connectivity index (χ1n) is 14.7. The van der Waals surface area contributed by atoms with Crippen LogP contribution >= 0.6 is 23.2 Å².